The van der Waals surface area contributed by atoms with Crippen LogP contribution in [0.2, 0.25) is 0 Å². The molecule has 0 fully saturated rings. The number of sulfonamides is 1. The van der Waals surface area contributed by atoms with Crippen LogP contribution in [-0.2, 0) is 31.4 Å². The van der Waals surface area contributed by atoms with Crippen molar-refractivity contribution in [1.29, 1.82) is 0 Å². The molecule has 3 amide bonds. The highest BCUT2D eigenvalue weighted by atomic mass is 32.2. The molecule has 0 bridgehead atoms. The van der Waals surface area contributed by atoms with Crippen LogP contribution in [0.15, 0.2) is 11.2 Å². The van der Waals surface area contributed by atoms with Gasteiger partial charge < -0.3 is 14.6 Å². The van der Waals surface area contributed by atoms with Gasteiger partial charge in [-0.3, -0.25) is 14.9 Å². The number of hydrogen-bond donors (Lipinski definition) is 3. The molecule has 0 unspecified atom stereocenters. The number of esters is 1. The maximum absolute atomic E-state index is 12.0. The van der Waals surface area contributed by atoms with E-state index in [0.29, 0.717) is 5.82 Å². The summed E-state index contributed by atoms with van der Waals surface area (Å²) in [6.07, 6.45) is 1.07. The van der Waals surface area contributed by atoms with Crippen molar-refractivity contribution < 1.29 is 27.5 Å². The molecule has 24 heavy (non-hydrogen) atoms. The highest BCUT2D eigenvalue weighted by molar-refractivity contribution is 7.89. The average Bonchev–Trinajstić information content (AvgIpc) is 2.85. The van der Waals surface area contributed by atoms with Gasteiger partial charge in [0.05, 0.1) is 6.42 Å². The van der Waals surface area contributed by atoms with Crippen molar-refractivity contribution in [3.8, 4) is 0 Å². The number of aromatic nitrogens is 2. The second-order valence-corrected chi connectivity index (χ2v) is 6.39. The van der Waals surface area contributed by atoms with Gasteiger partial charge in [-0.05, 0) is 6.92 Å². The average molecular weight is 361 g/mol. The standard InChI is InChI=1S/C12H19N5O6S/c1-8-15-10(6-17(8)3)24(21,22)14-5-4-11(19)23-7-9(18)16-12(20)13-2/h6,14H,4-5,7H2,1-3H3,(H2,13,16,18,20). The Hall–Kier alpha value is -2.47. The van der Waals surface area contributed by atoms with Crippen LogP contribution in [0.1, 0.15) is 12.2 Å². The minimum atomic E-state index is -3.83. The molecule has 0 aliphatic rings. The third-order valence-corrected chi connectivity index (χ3v) is 4.16. The number of urea groups is 1. The van der Waals surface area contributed by atoms with Crippen LogP contribution in [0.25, 0.3) is 0 Å². The van der Waals surface area contributed by atoms with E-state index in [1.165, 1.54) is 13.2 Å². The Morgan fingerprint density at radius 2 is 2.00 bits per heavy atom. The van der Waals surface area contributed by atoms with E-state index in [1.54, 1.807) is 18.5 Å². The molecule has 0 radical (unpaired) electrons. The van der Waals surface area contributed by atoms with Gasteiger partial charge in [0.1, 0.15) is 5.82 Å². The first-order valence-corrected chi connectivity index (χ1v) is 8.31. The molecule has 12 heteroatoms. The summed E-state index contributed by atoms with van der Waals surface area (Å²) >= 11 is 0. The zero-order valence-electron chi connectivity index (χ0n) is 13.5. The number of amides is 3. The number of nitrogens with zero attached hydrogens (tertiary/aromatic N) is 2. The van der Waals surface area contributed by atoms with Gasteiger partial charge in [-0.1, -0.05) is 0 Å². The largest absolute Gasteiger partial charge is 0.456 e. The molecule has 1 aromatic heterocycles. The molecule has 0 aliphatic heterocycles. The first kappa shape index (κ1) is 19.6. The molecule has 0 saturated heterocycles. The summed E-state index contributed by atoms with van der Waals surface area (Å²) in [5.74, 6) is -1.06. The van der Waals surface area contributed by atoms with Crippen LogP contribution < -0.4 is 15.4 Å². The minimum absolute atomic E-state index is 0.152. The lowest BCUT2D eigenvalue weighted by atomic mass is 10.4. The van der Waals surface area contributed by atoms with E-state index in [0.717, 1.165) is 0 Å². The van der Waals surface area contributed by atoms with Crippen LogP contribution >= 0.6 is 0 Å². The van der Waals surface area contributed by atoms with Crippen molar-refractivity contribution in [2.75, 3.05) is 20.2 Å². The third kappa shape index (κ3) is 5.96. The van der Waals surface area contributed by atoms with E-state index >= 15 is 0 Å². The molecule has 0 aliphatic carbocycles. The number of carbonyl (C=O) groups is 3. The quantitative estimate of drug-likeness (QED) is 0.495. The Morgan fingerprint density at radius 3 is 2.54 bits per heavy atom. The van der Waals surface area contributed by atoms with E-state index in [4.69, 9.17) is 0 Å². The lowest BCUT2D eigenvalue weighted by Crippen LogP contribution is -2.39. The minimum Gasteiger partial charge on any atom is -0.456 e. The van der Waals surface area contributed by atoms with Crippen molar-refractivity contribution in [3.63, 3.8) is 0 Å². The van der Waals surface area contributed by atoms with E-state index in [1.807, 2.05) is 5.32 Å². The van der Waals surface area contributed by atoms with Crippen molar-refractivity contribution in [2.45, 2.75) is 18.4 Å². The first-order valence-electron chi connectivity index (χ1n) is 6.82. The van der Waals surface area contributed by atoms with E-state index in [9.17, 15) is 22.8 Å². The molecular weight excluding hydrogens is 342 g/mol. The Morgan fingerprint density at radius 1 is 1.33 bits per heavy atom. The van der Waals surface area contributed by atoms with Crippen molar-refractivity contribution in [2.24, 2.45) is 7.05 Å². The zero-order chi connectivity index (χ0) is 18.3. The summed E-state index contributed by atoms with van der Waals surface area (Å²) in [6, 6.07) is -0.727. The summed E-state index contributed by atoms with van der Waals surface area (Å²) in [7, 11) is -0.852. The molecule has 11 nitrogen and oxygen atoms in total. The molecule has 3 N–H and O–H groups in total. The van der Waals surface area contributed by atoms with Gasteiger partial charge in [0, 0.05) is 26.8 Å². The van der Waals surface area contributed by atoms with Gasteiger partial charge in [0.25, 0.3) is 15.9 Å². The maximum Gasteiger partial charge on any atom is 0.321 e. The predicted molar refractivity (Wildman–Crippen MR) is 81.3 cm³/mol. The molecule has 134 valence electrons. The highest BCUT2D eigenvalue weighted by Crippen LogP contribution is 2.07. The number of imide groups is 1. The Balaban J connectivity index is 2.37. The Labute approximate surface area is 138 Å². The summed E-state index contributed by atoms with van der Waals surface area (Å²) in [5.41, 5.74) is 0. The molecular formula is C12H19N5O6S. The lowest BCUT2D eigenvalue weighted by Gasteiger charge is -2.06. The SMILES string of the molecule is CNC(=O)NC(=O)COC(=O)CCNS(=O)(=O)c1cn(C)c(C)n1. The summed E-state index contributed by atoms with van der Waals surface area (Å²) in [6.45, 7) is 0.798. The second-order valence-electron chi connectivity index (χ2n) is 4.67. The number of carbonyl (C=O) groups excluding carboxylic acids is 3. The second kappa shape index (κ2) is 8.40. The molecule has 0 atom stereocenters. The Kier molecular flexibility index (Phi) is 6.85. The van der Waals surface area contributed by atoms with Crippen LogP contribution in [0.3, 0.4) is 0 Å². The number of aryl methyl sites for hydroxylation is 2. The fourth-order valence-electron chi connectivity index (χ4n) is 1.46. The number of imidazole rings is 1. The fraction of sp³-hybridized carbons (Fsp3) is 0.500. The van der Waals surface area contributed by atoms with Gasteiger partial charge in [-0.25, -0.2) is 22.9 Å². The third-order valence-electron chi connectivity index (χ3n) is 2.83. The molecule has 0 aromatic carbocycles. The molecule has 1 heterocycles. The summed E-state index contributed by atoms with van der Waals surface area (Å²) in [4.78, 5) is 37.3. The monoisotopic (exact) mass is 361 g/mol. The van der Waals surface area contributed by atoms with E-state index in [2.05, 4.69) is 19.8 Å². The van der Waals surface area contributed by atoms with Gasteiger partial charge in [0.2, 0.25) is 0 Å². The van der Waals surface area contributed by atoms with Crippen molar-refractivity contribution in [3.05, 3.63) is 12.0 Å². The first-order chi connectivity index (χ1) is 11.2. The topological polar surface area (TPSA) is 148 Å². The van der Waals surface area contributed by atoms with Crippen LogP contribution in [0, 0.1) is 6.92 Å². The lowest BCUT2D eigenvalue weighted by molar-refractivity contribution is -0.148. The van der Waals surface area contributed by atoms with E-state index < -0.39 is 34.5 Å². The van der Waals surface area contributed by atoms with Crippen molar-refractivity contribution >= 4 is 27.9 Å². The van der Waals surface area contributed by atoms with Crippen molar-refractivity contribution in [1.82, 2.24) is 24.9 Å². The molecule has 0 spiro atoms. The summed E-state index contributed by atoms with van der Waals surface area (Å²) < 4.78 is 32.3. The normalized spacial score (nSPS) is 11.0. The number of nitrogens with one attached hydrogen (secondary N) is 3. The zero-order valence-corrected chi connectivity index (χ0v) is 14.3. The van der Waals surface area contributed by atoms with Crippen LogP contribution in [0.4, 0.5) is 4.79 Å². The predicted octanol–water partition coefficient (Wildman–Crippen LogP) is -1.60. The number of rotatable bonds is 7. The van der Waals surface area contributed by atoms with Crippen LogP contribution in [0.5, 0.6) is 0 Å². The molecule has 0 saturated carbocycles. The summed E-state index contributed by atoms with van der Waals surface area (Å²) in [5, 5.41) is 3.91. The number of hydrogen-bond acceptors (Lipinski definition) is 7. The van der Waals surface area contributed by atoms with Gasteiger partial charge in [-0.15, -0.1) is 0 Å². The Bertz CT molecular complexity index is 707. The fourth-order valence-corrected chi connectivity index (χ4v) is 2.53. The smallest absolute Gasteiger partial charge is 0.321 e. The maximum atomic E-state index is 12.0. The van der Waals surface area contributed by atoms with E-state index in [-0.39, 0.29) is 18.0 Å². The van der Waals surface area contributed by atoms with Gasteiger partial charge in [-0.2, -0.15) is 0 Å². The number of ether oxygens (including phenoxy) is 1. The van der Waals surface area contributed by atoms with Gasteiger partial charge in [0.15, 0.2) is 11.6 Å². The van der Waals surface area contributed by atoms with Crippen LogP contribution in [-0.4, -0.2) is 56.1 Å². The van der Waals surface area contributed by atoms with Gasteiger partial charge >= 0.3 is 12.0 Å². The molecule has 1 aromatic rings. The molecule has 1 rings (SSSR count). The highest BCUT2D eigenvalue weighted by Gasteiger charge is 2.18.